The molecule has 40 heavy (non-hydrogen) atoms. The van der Waals surface area contributed by atoms with Crippen LogP contribution in [0.15, 0.2) is 94.5 Å². The first-order valence-corrected chi connectivity index (χ1v) is 13.3. The fraction of sp³-hybridized carbons (Fsp3) is 0.172. The first-order chi connectivity index (χ1) is 19.1. The van der Waals surface area contributed by atoms with Gasteiger partial charge in [-0.1, -0.05) is 71.9 Å². The van der Waals surface area contributed by atoms with E-state index in [4.69, 9.17) is 11.6 Å². The second-order valence-corrected chi connectivity index (χ2v) is 10.2. The van der Waals surface area contributed by atoms with Crippen molar-refractivity contribution < 1.29 is 22.8 Å². The van der Waals surface area contributed by atoms with Gasteiger partial charge in [-0.3, -0.25) is 9.59 Å². The number of hydrogen-bond acceptors (Lipinski definition) is 5. The molecule has 0 bridgehead atoms. The molecule has 2 amide bonds. The number of nitrogens with one attached hydrogen (secondary N) is 2. The Hall–Kier alpha value is -4.07. The van der Waals surface area contributed by atoms with E-state index in [0.717, 1.165) is 23.9 Å². The highest BCUT2D eigenvalue weighted by molar-refractivity contribution is 8.03. The van der Waals surface area contributed by atoms with Crippen molar-refractivity contribution >= 4 is 52.3 Å². The van der Waals surface area contributed by atoms with Gasteiger partial charge in [-0.15, -0.1) is 0 Å². The van der Waals surface area contributed by atoms with Crippen LogP contribution in [-0.2, 0) is 15.8 Å². The Morgan fingerprint density at radius 3 is 2.33 bits per heavy atom. The molecule has 3 aromatic rings. The number of benzene rings is 3. The van der Waals surface area contributed by atoms with E-state index < -0.39 is 35.4 Å². The van der Waals surface area contributed by atoms with E-state index in [-0.39, 0.29) is 22.0 Å². The number of nitrogens with zero attached hydrogens (tertiary/aromatic N) is 2. The molecule has 11 heteroatoms. The molecule has 1 heterocycles. The number of anilines is 2. The summed E-state index contributed by atoms with van der Waals surface area (Å²) >= 11 is 7.41. The molecule has 1 aliphatic rings. The Balaban J connectivity index is 1.63. The highest BCUT2D eigenvalue weighted by Gasteiger charge is 2.40. The van der Waals surface area contributed by atoms with E-state index in [1.54, 1.807) is 55.5 Å². The molecule has 1 unspecified atom stereocenters. The standard InChI is InChI=1S/C29H22ClF3N4O2S/c1-17-25(27(39)36-18-9-3-2-4-10-18)26(19-11-5-7-13-22(19)30)20(15-34)28(35-17)40-16-24(38)37-23-14-8-6-12-21(23)29(31,32)33/h2-14,25-26H,16H2,1H3,(H,36,39)(H,37,38)/t25?,26-/m1/s1. The number of carbonyl (C=O) groups excluding carboxylic acids is 2. The lowest BCUT2D eigenvalue weighted by Gasteiger charge is -2.31. The van der Waals surface area contributed by atoms with Crippen LogP contribution in [0.3, 0.4) is 0 Å². The molecular weight excluding hydrogens is 561 g/mol. The highest BCUT2D eigenvalue weighted by Crippen LogP contribution is 2.44. The van der Waals surface area contributed by atoms with Gasteiger partial charge in [-0.05, 0) is 42.8 Å². The minimum absolute atomic E-state index is 0.125. The molecule has 3 aromatic carbocycles. The zero-order valence-corrected chi connectivity index (χ0v) is 22.6. The number of para-hydroxylation sites is 2. The van der Waals surface area contributed by atoms with Crippen LogP contribution in [0, 0.1) is 17.2 Å². The average Bonchev–Trinajstić information content (AvgIpc) is 2.92. The van der Waals surface area contributed by atoms with Gasteiger partial charge in [0, 0.05) is 22.3 Å². The summed E-state index contributed by atoms with van der Waals surface area (Å²) in [7, 11) is 0. The van der Waals surface area contributed by atoms with E-state index in [1.807, 2.05) is 6.07 Å². The van der Waals surface area contributed by atoms with Gasteiger partial charge in [0.1, 0.15) is 5.03 Å². The van der Waals surface area contributed by atoms with Crippen LogP contribution in [-0.4, -0.2) is 23.3 Å². The Bertz CT molecular complexity index is 1530. The number of carbonyl (C=O) groups is 2. The van der Waals surface area contributed by atoms with Gasteiger partial charge >= 0.3 is 6.18 Å². The van der Waals surface area contributed by atoms with Crippen molar-refractivity contribution in [2.75, 3.05) is 16.4 Å². The summed E-state index contributed by atoms with van der Waals surface area (Å²) in [6.07, 6.45) is -4.64. The summed E-state index contributed by atoms with van der Waals surface area (Å²) in [5.41, 5.74) is 0.275. The molecule has 0 radical (unpaired) electrons. The topological polar surface area (TPSA) is 94.3 Å². The number of allylic oxidation sites excluding steroid dienone is 1. The Labute approximate surface area is 237 Å². The summed E-state index contributed by atoms with van der Waals surface area (Å²) in [5, 5.41) is 15.9. The summed E-state index contributed by atoms with van der Waals surface area (Å²) in [6.45, 7) is 1.65. The third kappa shape index (κ3) is 6.55. The Morgan fingerprint density at radius 2 is 1.65 bits per heavy atom. The molecule has 0 saturated carbocycles. The van der Waals surface area contributed by atoms with Gasteiger partial charge in [-0.2, -0.15) is 18.4 Å². The van der Waals surface area contributed by atoms with Crippen LogP contribution in [0.5, 0.6) is 0 Å². The van der Waals surface area contributed by atoms with Gasteiger partial charge in [0.25, 0.3) is 0 Å². The van der Waals surface area contributed by atoms with Crippen LogP contribution >= 0.6 is 23.4 Å². The van der Waals surface area contributed by atoms with E-state index in [0.29, 0.717) is 22.0 Å². The third-order valence-corrected chi connectivity index (χ3v) is 7.47. The number of halogens is 4. The van der Waals surface area contributed by atoms with Gasteiger partial charge < -0.3 is 10.6 Å². The SMILES string of the molecule is CC1=NC(SCC(=O)Nc2ccccc2C(F)(F)F)=C(C#N)[C@@H](c2ccccc2Cl)C1C(=O)Nc1ccccc1. The molecule has 204 valence electrons. The number of hydrogen-bond donors (Lipinski definition) is 2. The number of aliphatic imine (C=N–C) groups is 1. The predicted octanol–water partition coefficient (Wildman–Crippen LogP) is 7.28. The summed E-state index contributed by atoms with van der Waals surface area (Å²) in [5.74, 6) is -3.11. The smallest absolute Gasteiger partial charge is 0.325 e. The maximum absolute atomic E-state index is 13.5. The van der Waals surface area contributed by atoms with Crippen molar-refractivity contribution in [3.05, 3.63) is 106 Å². The van der Waals surface area contributed by atoms with Gasteiger partial charge in [0.15, 0.2) is 0 Å². The minimum Gasteiger partial charge on any atom is -0.325 e. The lowest BCUT2D eigenvalue weighted by atomic mass is 9.76. The van der Waals surface area contributed by atoms with Crippen LogP contribution in [0.1, 0.15) is 24.0 Å². The molecule has 0 fully saturated rings. The zero-order valence-electron chi connectivity index (χ0n) is 21.0. The predicted molar refractivity (Wildman–Crippen MR) is 151 cm³/mol. The Morgan fingerprint density at radius 1 is 1.00 bits per heavy atom. The molecule has 1 aliphatic heterocycles. The maximum atomic E-state index is 13.5. The van der Waals surface area contributed by atoms with Gasteiger partial charge in [-0.25, -0.2) is 4.99 Å². The van der Waals surface area contributed by atoms with Crippen LogP contribution in [0.4, 0.5) is 24.5 Å². The second-order valence-electron chi connectivity index (χ2n) is 8.80. The molecule has 6 nitrogen and oxygen atoms in total. The van der Waals surface area contributed by atoms with Crippen molar-refractivity contribution in [2.45, 2.75) is 19.0 Å². The fourth-order valence-electron chi connectivity index (χ4n) is 4.36. The normalized spacial score (nSPS) is 17.1. The van der Waals surface area contributed by atoms with Crippen molar-refractivity contribution in [2.24, 2.45) is 10.9 Å². The van der Waals surface area contributed by atoms with E-state index in [9.17, 15) is 28.0 Å². The molecule has 0 saturated heterocycles. The van der Waals surface area contributed by atoms with Crippen LogP contribution in [0.25, 0.3) is 0 Å². The van der Waals surface area contributed by atoms with E-state index in [2.05, 4.69) is 21.7 Å². The lowest BCUT2D eigenvalue weighted by Crippen LogP contribution is -2.36. The number of thioether (sulfide) groups is 1. The largest absolute Gasteiger partial charge is 0.418 e. The monoisotopic (exact) mass is 582 g/mol. The average molecular weight is 583 g/mol. The summed E-state index contributed by atoms with van der Waals surface area (Å²) in [6, 6.07) is 22.5. The highest BCUT2D eigenvalue weighted by atomic mass is 35.5. The third-order valence-electron chi connectivity index (χ3n) is 6.13. The lowest BCUT2D eigenvalue weighted by molar-refractivity contribution is -0.137. The molecule has 0 spiro atoms. The number of rotatable bonds is 7. The second kappa shape index (κ2) is 12.4. The van der Waals surface area contributed by atoms with Gasteiger partial charge in [0.05, 0.1) is 34.6 Å². The van der Waals surface area contributed by atoms with E-state index in [1.165, 1.54) is 12.1 Å². The van der Waals surface area contributed by atoms with Crippen molar-refractivity contribution in [3.8, 4) is 6.07 Å². The maximum Gasteiger partial charge on any atom is 0.418 e. The van der Waals surface area contributed by atoms with Crippen molar-refractivity contribution in [1.29, 1.82) is 5.26 Å². The minimum atomic E-state index is -4.64. The number of alkyl halides is 3. The van der Waals surface area contributed by atoms with Crippen molar-refractivity contribution in [1.82, 2.24) is 0 Å². The molecule has 4 rings (SSSR count). The molecule has 2 atom stereocenters. The summed E-state index contributed by atoms with van der Waals surface area (Å²) in [4.78, 5) is 30.6. The number of amides is 2. The summed E-state index contributed by atoms with van der Waals surface area (Å²) < 4.78 is 40.0. The zero-order chi connectivity index (χ0) is 28.9. The molecule has 0 aromatic heterocycles. The molecule has 2 N–H and O–H groups in total. The molecular formula is C29H22ClF3N4O2S. The Kier molecular flexibility index (Phi) is 8.97. The first kappa shape index (κ1) is 28.9. The van der Waals surface area contributed by atoms with Crippen molar-refractivity contribution in [3.63, 3.8) is 0 Å². The van der Waals surface area contributed by atoms with E-state index >= 15 is 0 Å². The van der Waals surface area contributed by atoms with Crippen LogP contribution in [0.2, 0.25) is 5.02 Å². The fourth-order valence-corrected chi connectivity index (χ4v) is 5.49. The molecule has 0 aliphatic carbocycles. The van der Waals surface area contributed by atoms with Gasteiger partial charge in [0.2, 0.25) is 11.8 Å². The first-order valence-electron chi connectivity index (χ1n) is 12.0. The quantitative estimate of drug-likeness (QED) is 0.306. The number of nitriles is 1. The van der Waals surface area contributed by atoms with Crippen LogP contribution < -0.4 is 10.6 Å².